The van der Waals surface area contributed by atoms with Crippen LogP contribution in [0.15, 0.2) is 42.2 Å². The molecule has 4 fully saturated rings. The molecule has 1 aromatic rings. The molecule has 1 saturated carbocycles. The zero-order valence-electron chi connectivity index (χ0n) is 39.6. The normalized spacial score (nSPS) is 38.1. The van der Waals surface area contributed by atoms with Crippen molar-refractivity contribution in [2.75, 3.05) is 33.0 Å². The van der Waals surface area contributed by atoms with E-state index < -0.39 is 153 Å². The molecule has 23 nitrogen and oxygen atoms in total. The smallest absolute Gasteiger partial charge is 0.332 e. The summed E-state index contributed by atoms with van der Waals surface area (Å²) in [4.78, 5) is 38.9. The van der Waals surface area contributed by atoms with E-state index in [9.17, 15) is 60.3 Å². The van der Waals surface area contributed by atoms with Gasteiger partial charge in [-0.3, -0.25) is 9.59 Å². The second kappa shape index (κ2) is 25.3. The highest BCUT2D eigenvalue weighted by atomic mass is 16.7. The molecule has 4 aliphatic heterocycles. The number of fused-ring (bicyclic) bond motifs is 1. The number of hydrogen-bond acceptors (Lipinski definition) is 20. The third kappa shape index (κ3) is 13.1. The summed E-state index contributed by atoms with van der Waals surface area (Å²) in [6, 6.07) is 5.91. The Kier molecular flexibility index (Phi) is 20.1. The fourth-order valence-corrected chi connectivity index (χ4v) is 9.50. The fourth-order valence-electron chi connectivity index (χ4n) is 9.50. The van der Waals surface area contributed by atoms with Crippen LogP contribution in [0.2, 0.25) is 0 Å². The average molecular weight is 999 g/mol. The van der Waals surface area contributed by atoms with Crippen molar-refractivity contribution in [3.8, 4) is 5.75 Å². The number of aliphatic hydroxyl groups excluding tert-OH is 8. The lowest BCUT2D eigenvalue weighted by Gasteiger charge is -2.49. The molecule has 6 rings (SSSR count). The van der Waals surface area contributed by atoms with Gasteiger partial charge < -0.3 is 99.2 Å². The van der Waals surface area contributed by atoms with Crippen molar-refractivity contribution in [3.05, 3.63) is 47.7 Å². The molecule has 394 valence electrons. The average Bonchev–Trinajstić information content (AvgIpc) is 3.33. The molecule has 4 heterocycles. The molecular formula is C47H70N2O21. The molecule has 0 aromatic heterocycles. The SMILES string of the molecule is C=C1Oc2ccccc2C=C1COC1C(O)[C@@H](OCCNC(=O)C2CC(CC)[C@@H](O[C@@H]3OC(C)[C@@H](O)[C@H](O)C3O)[C@H](O[C@@H]3O[C@@H](CO)[C@H](O)C(O[C@@H](CCC)C(=O)O)C3NC(C)=O)C2)OC(CO)[C@H]1O. The van der Waals surface area contributed by atoms with Crippen LogP contribution in [0.1, 0.15) is 65.4 Å². The number of rotatable bonds is 21. The predicted molar refractivity (Wildman–Crippen MR) is 240 cm³/mol. The molecule has 3 saturated heterocycles. The van der Waals surface area contributed by atoms with Gasteiger partial charge in [0.05, 0.1) is 44.7 Å². The summed E-state index contributed by atoms with van der Waals surface area (Å²) in [5.74, 6) is -2.83. The van der Waals surface area contributed by atoms with Crippen LogP contribution in [0, 0.1) is 11.8 Å². The molecule has 0 spiro atoms. The topological polar surface area (TPSA) is 340 Å². The van der Waals surface area contributed by atoms with Gasteiger partial charge in [-0.15, -0.1) is 0 Å². The number of para-hydroxylation sites is 1. The Balaban J connectivity index is 1.16. The van der Waals surface area contributed by atoms with Gasteiger partial charge in [0.1, 0.15) is 78.6 Å². The number of carbonyl (C=O) groups excluding carboxylic acids is 2. The number of hydrogen-bond donors (Lipinski definition) is 11. The van der Waals surface area contributed by atoms with Gasteiger partial charge in [0.15, 0.2) is 25.0 Å². The summed E-state index contributed by atoms with van der Waals surface area (Å²) in [5, 5.41) is 101. The van der Waals surface area contributed by atoms with Gasteiger partial charge in [-0.1, -0.05) is 51.5 Å². The van der Waals surface area contributed by atoms with Gasteiger partial charge in [-0.25, -0.2) is 4.79 Å². The number of aliphatic hydroxyl groups is 8. The molecule has 0 radical (unpaired) electrons. The van der Waals surface area contributed by atoms with Crippen LogP contribution in [-0.4, -0.2) is 207 Å². The largest absolute Gasteiger partial charge is 0.479 e. The first-order valence-electron chi connectivity index (χ1n) is 23.8. The van der Waals surface area contributed by atoms with E-state index in [1.54, 1.807) is 13.0 Å². The number of carbonyl (C=O) groups is 3. The lowest BCUT2D eigenvalue weighted by atomic mass is 9.75. The maximum Gasteiger partial charge on any atom is 0.332 e. The van der Waals surface area contributed by atoms with Crippen molar-refractivity contribution in [3.63, 3.8) is 0 Å². The molecule has 23 heteroatoms. The van der Waals surface area contributed by atoms with Gasteiger partial charge in [-0.2, -0.15) is 0 Å². The first-order valence-corrected chi connectivity index (χ1v) is 23.8. The van der Waals surface area contributed by atoms with E-state index in [1.807, 2.05) is 31.2 Å². The Bertz CT molecular complexity index is 1940. The maximum atomic E-state index is 14.1. The molecule has 20 atom stereocenters. The molecule has 1 aliphatic carbocycles. The van der Waals surface area contributed by atoms with Gasteiger partial charge in [0.2, 0.25) is 11.8 Å². The van der Waals surface area contributed by atoms with Crippen molar-refractivity contribution < 1.29 is 103 Å². The zero-order valence-corrected chi connectivity index (χ0v) is 39.6. The summed E-state index contributed by atoms with van der Waals surface area (Å²) < 4.78 is 54.0. The Morgan fingerprint density at radius 3 is 2.16 bits per heavy atom. The minimum atomic E-state index is -1.71. The zero-order chi connectivity index (χ0) is 51.0. The number of carboxylic acid groups (broad SMARTS) is 1. The van der Waals surface area contributed by atoms with Crippen molar-refractivity contribution >= 4 is 23.9 Å². The second-order valence-corrected chi connectivity index (χ2v) is 18.3. The lowest BCUT2D eigenvalue weighted by molar-refractivity contribution is -0.338. The number of ether oxygens (including phenoxy) is 9. The monoisotopic (exact) mass is 998 g/mol. The molecule has 9 unspecified atom stereocenters. The first-order chi connectivity index (χ1) is 33.4. The maximum absolute atomic E-state index is 14.1. The summed E-state index contributed by atoms with van der Waals surface area (Å²) in [5.41, 5.74) is 1.33. The Hall–Kier alpha value is -3.73. The molecule has 70 heavy (non-hydrogen) atoms. The summed E-state index contributed by atoms with van der Waals surface area (Å²) >= 11 is 0. The highest BCUT2D eigenvalue weighted by Gasteiger charge is 2.53. The Morgan fingerprint density at radius 1 is 0.814 bits per heavy atom. The van der Waals surface area contributed by atoms with E-state index in [0.29, 0.717) is 29.9 Å². The third-order valence-electron chi connectivity index (χ3n) is 13.4. The van der Waals surface area contributed by atoms with E-state index in [1.165, 1.54) is 13.8 Å². The van der Waals surface area contributed by atoms with Crippen LogP contribution < -0.4 is 15.4 Å². The van der Waals surface area contributed by atoms with Crippen LogP contribution in [0.4, 0.5) is 0 Å². The molecule has 0 bridgehead atoms. The summed E-state index contributed by atoms with van der Waals surface area (Å²) in [6.45, 7) is 8.30. The third-order valence-corrected chi connectivity index (χ3v) is 13.4. The summed E-state index contributed by atoms with van der Waals surface area (Å²) in [7, 11) is 0. The molecule has 1 aromatic carbocycles. The standard InChI is InChI=1S/C47H70N2O21/c1-6-10-29(44(60)61)66-41-33(49-23(5)52)45(68-31(18-50)35(41)54)67-30-17-26(15-24(7-2)40(30)70-47-38(57)37(56)34(53)22(4)65-47)43(59)48-13-14-62-46-39(58)42(36(55)32(19-51)69-46)63-20-27-16-25-11-8-9-12-28(25)64-21(27)3/h8-9,11-12,16,22,24,26,29-42,45-47,50-51,53-58H,3,6-7,10,13-15,17-20H2,1-2,4-5H3,(H,48,59)(H,49,52)(H,60,61)/t22?,24?,26?,29-,30+,31-,32?,33?,34+,35-,36+,37-,38?,39?,40+,41?,42?,45+,46-,47-/m0/s1. The van der Waals surface area contributed by atoms with E-state index in [4.69, 9.17) is 42.6 Å². The van der Waals surface area contributed by atoms with Crippen LogP contribution in [-0.2, 0) is 52.3 Å². The quantitative estimate of drug-likeness (QED) is 0.0605. The minimum Gasteiger partial charge on any atom is -0.479 e. The number of carboxylic acids is 1. The van der Waals surface area contributed by atoms with Gasteiger partial charge >= 0.3 is 5.97 Å². The molecular weight excluding hydrogens is 929 g/mol. The number of benzene rings is 1. The lowest BCUT2D eigenvalue weighted by Crippen LogP contribution is -2.67. The predicted octanol–water partition coefficient (Wildman–Crippen LogP) is -1.81. The van der Waals surface area contributed by atoms with Crippen molar-refractivity contribution in [1.82, 2.24) is 10.6 Å². The molecule has 11 N–H and O–H groups in total. The van der Waals surface area contributed by atoms with Crippen molar-refractivity contribution in [2.45, 2.75) is 170 Å². The van der Waals surface area contributed by atoms with E-state index in [-0.39, 0.29) is 39.0 Å². The number of aliphatic carboxylic acids is 1. The van der Waals surface area contributed by atoms with Crippen LogP contribution in [0.3, 0.4) is 0 Å². The first kappa shape index (κ1) is 55.6. The number of nitrogens with one attached hydrogen (secondary N) is 2. The van der Waals surface area contributed by atoms with E-state index >= 15 is 0 Å². The second-order valence-electron chi connectivity index (χ2n) is 18.3. The van der Waals surface area contributed by atoms with Crippen LogP contribution >= 0.6 is 0 Å². The van der Waals surface area contributed by atoms with E-state index in [0.717, 1.165) is 5.56 Å². The van der Waals surface area contributed by atoms with Crippen molar-refractivity contribution in [1.29, 1.82) is 0 Å². The summed E-state index contributed by atoms with van der Waals surface area (Å²) in [6.07, 6.45) is -21.1. The highest BCUT2D eigenvalue weighted by molar-refractivity contribution is 5.79. The molecule has 5 aliphatic rings. The fraction of sp³-hybridized carbons (Fsp3) is 0.723. The number of amides is 2. The Morgan fingerprint density at radius 2 is 1.50 bits per heavy atom. The van der Waals surface area contributed by atoms with Gasteiger partial charge in [0, 0.05) is 30.5 Å². The highest BCUT2D eigenvalue weighted by Crippen LogP contribution is 2.40. The van der Waals surface area contributed by atoms with Crippen molar-refractivity contribution in [2.24, 2.45) is 11.8 Å². The van der Waals surface area contributed by atoms with Gasteiger partial charge in [-0.05, 0) is 44.2 Å². The van der Waals surface area contributed by atoms with Crippen LogP contribution in [0.25, 0.3) is 6.08 Å². The van der Waals surface area contributed by atoms with E-state index in [2.05, 4.69) is 17.2 Å². The van der Waals surface area contributed by atoms with Gasteiger partial charge in [0.25, 0.3) is 0 Å². The minimum absolute atomic E-state index is 0.0416. The Labute approximate surface area is 405 Å². The molecule has 2 amide bonds. The van der Waals surface area contributed by atoms with Crippen LogP contribution in [0.5, 0.6) is 5.75 Å².